The zero-order valence-corrected chi connectivity index (χ0v) is 12.6. The average molecular weight is 210 g/mol. The van der Waals surface area contributed by atoms with Gasteiger partial charge in [-0.1, -0.05) is 68.7 Å². The Morgan fingerprint density at radius 1 is 0.692 bits per heavy atom. The molecule has 0 atom stereocenters. The molecule has 0 bridgehead atoms. The molecule has 88 valence electrons. The molecular weight excluding hydrogens is 176 g/mol. The van der Waals surface area contributed by atoms with E-state index in [0.29, 0.717) is 0 Å². The fraction of sp³-hybridized carbons (Fsp3) is 1.00. The van der Waals surface area contributed by atoms with Gasteiger partial charge in [0.25, 0.3) is 0 Å². The van der Waals surface area contributed by atoms with Crippen LogP contribution in [0.3, 0.4) is 0 Å². The van der Waals surface area contributed by atoms with E-state index in [0.717, 1.165) is 0 Å². The Balaban J connectivity index is -0.0000000215. The van der Waals surface area contributed by atoms with Gasteiger partial charge in [-0.05, 0) is 12.0 Å². The minimum atomic E-state index is 1.24. The van der Waals surface area contributed by atoms with Crippen molar-refractivity contribution in [3.63, 3.8) is 0 Å². The lowest BCUT2D eigenvalue weighted by Crippen LogP contribution is -1.52. The van der Waals surface area contributed by atoms with Gasteiger partial charge in [0.2, 0.25) is 0 Å². The Kier molecular flexibility index (Phi) is 318. The molecule has 0 amide bonds. The van der Waals surface area contributed by atoms with Gasteiger partial charge in [-0.2, -0.15) is 11.8 Å². The second-order valence-electron chi connectivity index (χ2n) is 1.28. The first kappa shape index (κ1) is 29.2. The molecule has 13 heavy (non-hydrogen) atoms. The van der Waals surface area contributed by atoms with Gasteiger partial charge < -0.3 is 0 Å². The molecule has 0 aromatic carbocycles. The molecule has 0 aliphatic carbocycles. The van der Waals surface area contributed by atoms with Crippen molar-refractivity contribution in [2.24, 2.45) is 0 Å². The zero-order chi connectivity index (χ0) is 12.1. The third-order valence-corrected chi connectivity index (χ3v) is 0.866. The Bertz CT molecular complexity index is 12.6. The lowest BCUT2D eigenvalue weighted by Gasteiger charge is -1.69. The van der Waals surface area contributed by atoms with Crippen LogP contribution in [0.1, 0.15) is 68.7 Å². The van der Waals surface area contributed by atoms with E-state index in [1.54, 1.807) is 0 Å². The molecule has 0 radical (unpaired) electrons. The lowest BCUT2D eigenvalue weighted by molar-refractivity contribution is 1.09. The maximum absolute atomic E-state index is 2.14. The molecule has 0 aromatic heterocycles. The Hall–Kier alpha value is 0.350. The van der Waals surface area contributed by atoms with Gasteiger partial charge in [0.1, 0.15) is 0 Å². The van der Waals surface area contributed by atoms with Crippen LogP contribution in [-0.2, 0) is 0 Å². The summed E-state index contributed by atoms with van der Waals surface area (Å²) in [6, 6.07) is 0. The van der Waals surface area contributed by atoms with E-state index in [9.17, 15) is 0 Å². The van der Waals surface area contributed by atoms with Crippen LogP contribution in [0.25, 0.3) is 0 Å². The highest BCUT2D eigenvalue weighted by atomic mass is 32.2. The summed E-state index contributed by atoms with van der Waals surface area (Å²) in [5, 5.41) is 0. The van der Waals surface area contributed by atoms with Crippen LogP contribution in [0.15, 0.2) is 0 Å². The molecule has 0 saturated heterocycles. The molecule has 0 saturated carbocycles. The first-order valence-electron chi connectivity index (χ1n) is 5.82. The van der Waals surface area contributed by atoms with E-state index in [2.05, 4.69) is 27.0 Å². The van der Waals surface area contributed by atoms with Crippen molar-refractivity contribution in [2.45, 2.75) is 68.7 Å². The summed E-state index contributed by atoms with van der Waals surface area (Å²) >= 11 is 1.86. The Morgan fingerprint density at radius 3 is 0.769 bits per heavy atom. The van der Waals surface area contributed by atoms with Gasteiger partial charge in [-0.25, -0.2) is 0 Å². The molecule has 0 aromatic rings. The number of rotatable bonds is 1. The van der Waals surface area contributed by atoms with Crippen LogP contribution in [0.2, 0.25) is 0 Å². The largest absolute Gasteiger partial charge is 0.166 e. The molecule has 0 rings (SSSR count). The fourth-order valence-electron chi connectivity index (χ4n) is 0. The van der Waals surface area contributed by atoms with Crippen LogP contribution < -0.4 is 0 Å². The molecule has 0 aliphatic heterocycles. The summed E-state index contributed by atoms with van der Waals surface area (Å²) in [7, 11) is 0. The molecule has 0 unspecified atom stereocenters. The van der Waals surface area contributed by atoms with Crippen molar-refractivity contribution in [3.05, 3.63) is 0 Å². The second kappa shape index (κ2) is 142. The molecule has 0 spiro atoms. The number of hydrogen-bond acceptors (Lipinski definition) is 1. The van der Waals surface area contributed by atoms with Gasteiger partial charge in [-0.3, -0.25) is 0 Å². The highest BCUT2D eigenvalue weighted by molar-refractivity contribution is 7.98. The molecule has 1 heteroatoms. The van der Waals surface area contributed by atoms with Crippen molar-refractivity contribution in [1.29, 1.82) is 0 Å². The summed E-state index contributed by atoms with van der Waals surface area (Å²) in [6.45, 7) is 18.4. The monoisotopic (exact) mass is 210 g/mol. The van der Waals surface area contributed by atoms with Gasteiger partial charge in [0.15, 0.2) is 0 Å². The highest BCUT2D eigenvalue weighted by Gasteiger charge is 1.55. The summed E-state index contributed by atoms with van der Waals surface area (Å²) < 4.78 is 0. The average Bonchev–Trinajstić information content (AvgIpc) is 2.27. The second-order valence-corrected chi connectivity index (χ2v) is 2.44. The van der Waals surface area contributed by atoms with Crippen LogP contribution >= 0.6 is 11.8 Å². The van der Waals surface area contributed by atoms with Crippen molar-refractivity contribution in [3.8, 4) is 0 Å². The van der Waals surface area contributed by atoms with Crippen molar-refractivity contribution < 1.29 is 0 Å². The third-order valence-electron chi connectivity index (χ3n) is 0.289. The van der Waals surface area contributed by atoms with E-state index >= 15 is 0 Å². The minimum absolute atomic E-state index is 1.24. The van der Waals surface area contributed by atoms with E-state index in [1.807, 2.05) is 53.3 Å². The summed E-state index contributed by atoms with van der Waals surface area (Å²) in [4.78, 5) is 0. The van der Waals surface area contributed by atoms with E-state index in [4.69, 9.17) is 0 Å². The summed E-state index contributed by atoms with van der Waals surface area (Å²) in [6.07, 6.45) is 3.35. The quantitative estimate of drug-likeness (QED) is 0.522. The highest BCUT2D eigenvalue weighted by Crippen LogP contribution is 1.83. The Labute approximate surface area is 92.9 Å². The zero-order valence-electron chi connectivity index (χ0n) is 11.8. The van der Waals surface area contributed by atoms with Crippen LogP contribution in [0.4, 0.5) is 0 Å². The fourth-order valence-corrected chi connectivity index (χ4v) is 0. The minimum Gasteiger partial charge on any atom is -0.166 e. The molecule has 0 heterocycles. The first-order chi connectivity index (χ1) is 6.33. The van der Waals surface area contributed by atoms with E-state index in [1.165, 1.54) is 12.2 Å². The predicted molar refractivity (Wildman–Crippen MR) is 74.1 cm³/mol. The summed E-state index contributed by atoms with van der Waals surface area (Å²) in [5.41, 5.74) is 0. The van der Waals surface area contributed by atoms with Crippen molar-refractivity contribution in [2.75, 3.05) is 12.0 Å². The molecule has 0 N–H and O–H groups in total. The third kappa shape index (κ3) is 726. The lowest BCUT2D eigenvalue weighted by atomic mass is 10.6. The van der Waals surface area contributed by atoms with Gasteiger partial charge in [0, 0.05) is 0 Å². The van der Waals surface area contributed by atoms with Crippen LogP contribution in [0, 0.1) is 0 Å². The number of thioether (sulfide) groups is 1. The maximum atomic E-state index is 2.14. The molecule has 0 aliphatic rings. The van der Waals surface area contributed by atoms with E-state index in [-0.39, 0.29) is 0 Å². The summed E-state index contributed by atoms with van der Waals surface area (Å²) in [5.74, 6) is 1.24. The normalized spacial score (nSPS) is 5.08. The molecule has 0 fully saturated rings. The molecule has 0 nitrogen and oxygen atoms in total. The predicted octanol–water partition coefficient (Wildman–Crippen LogP) is 5.86. The van der Waals surface area contributed by atoms with Crippen LogP contribution in [-0.4, -0.2) is 12.0 Å². The van der Waals surface area contributed by atoms with Crippen LogP contribution in [0.5, 0.6) is 0 Å². The maximum Gasteiger partial charge on any atom is -0.00988 e. The van der Waals surface area contributed by atoms with Gasteiger partial charge >= 0.3 is 0 Å². The molecular formula is C12H34S. The SMILES string of the molecule is CC.CC.CC.CCC.CCSC. The Morgan fingerprint density at radius 2 is 0.769 bits per heavy atom. The smallest absolute Gasteiger partial charge is 0.00988 e. The topological polar surface area (TPSA) is 0 Å². The first-order valence-corrected chi connectivity index (χ1v) is 7.21. The number of hydrogen-bond donors (Lipinski definition) is 0. The van der Waals surface area contributed by atoms with Gasteiger partial charge in [0.05, 0.1) is 0 Å². The van der Waals surface area contributed by atoms with Crippen molar-refractivity contribution in [1.82, 2.24) is 0 Å². The van der Waals surface area contributed by atoms with Crippen molar-refractivity contribution >= 4 is 11.8 Å². The van der Waals surface area contributed by atoms with E-state index < -0.39 is 0 Å². The standard InChI is InChI=1S/C3H8S.C3H8.3C2H6/c1-3-4-2;1-3-2;3*1-2/h3H2,1-2H3;3H2,1-2H3;3*1-2H3. The van der Waals surface area contributed by atoms with Gasteiger partial charge in [-0.15, -0.1) is 0 Å².